The van der Waals surface area contributed by atoms with E-state index >= 15 is 0 Å². The molecule has 8 heteroatoms. The molecule has 1 aromatic heterocycles. The number of aryl methyl sites for hydroxylation is 1. The Balaban J connectivity index is 1.47. The molecule has 3 heterocycles. The van der Waals surface area contributed by atoms with Gasteiger partial charge in [-0.15, -0.1) is 23.1 Å². The lowest BCUT2D eigenvalue weighted by Gasteiger charge is -2.46. The second-order valence-corrected chi connectivity index (χ2v) is 10.7. The maximum absolute atomic E-state index is 12.0. The first-order chi connectivity index (χ1) is 10.4. The monoisotopic (exact) mass is 362 g/mol. The highest BCUT2D eigenvalue weighted by atomic mass is 32.2. The Morgan fingerprint density at radius 2 is 2.27 bits per heavy atom. The molecule has 1 aromatic rings. The van der Waals surface area contributed by atoms with Gasteiger partial charge >= 0.3 is 0 Å². The van der Waals surface area contributed by atoms with Crippen LogP contribution in [0.5, 0.6) is 0 Å². The van der Waals surface area contributed by atoms with Gasteiger partial charge in [-0.3, -0.25) is 0 Å². The molecule has 3 rings (SSSR count). The minimum Gasteiger partial charge on any atom is -0.371 e. The summed E-state index contributed by atoms with van der Waals surface area (Å²) in [5, 5.41) is 3.10. The van der Waals surface area contributed by atoms with Crippen molar-refractivity contribution in [1.82, 2.24) is 9.29 Å². The van der Waals surface area contributed by atoms with Gasteiger partial charge in [-0.25, -0.2) is 13.4 Å². The Morgan fingerprint density at radius 1 is 1.50 bits per heavy atom. The Bertz CT molecular complexity index is 623. The van der Waals surface area contributed by atoms with Crippen molar-refractivity contribution < 1.29 is 13.2 Å². The summed E-state index contributed by atoms with van der Waals surface area (Å²) in [6.45, 7) is 5.75. The first kappa shape index (κ1) is 16.7. The number of hydrogen-bond acceptors (Lipinski definition) is 6. The van der Waals surface area contributed by atoms with Crippen molar-refractivity contribution in [3.8, 4) is 0 Å². The number of thioether (sulfide) groups is 1. The molecule has 0 bridgehead atoms. The lowest BCUT2D eigenvalue weighted by Crippen LogP contribution is -2.61. The molecule has 124 valence electrons. The van der Waals surface area contributed by atoms with Crippen LogP contribution in [-0.4, -0.2) is 53.2 Å². The van der Waals surface area contributed by atoms with Crippen LogP contribution in [0.15, 0.2) is 5.38 Å². The van der Waals surface area contributed by atoms with Gasteiger partial charge in [0.1, 0.15) is 0 Å². The third kappa shape index (κ3) is 3.51. The van der Waals surface area contributed by atoms with Crippen molar-refractivity contribution in [1.29, 1.82) is 0 Å². The summed E-state index contributed by atoms with van der Waals surface area (Å²) >= 11 is 3.51. The molecule has 0 N–H and O–H groups in total. The number of hydrogen-bond donors (Lipinski definition) is 0. The van der Waals surface area contributed by atoms with Gasteiger partial charge in [0.05, 0.1) is 29.2 Å². The summed E-state index contributed by atoms with van der Waals surface area (Å²) in [5.74, 6) is 1.21. The van der Waals surface area contributed by atoms with E-state index in [1.165, 1.54) is 0 Å². The van der Waals surface area contributed by atoms with Crippen LogP contribution < -0.4 is 0 Å². The second-order valence-electron chi connectivity index (χ2n) is 6.07. The molecule has 22 heavy (non-hydrogen) atoms. The molecule has 1 atom stereocenters. The Kier molecular flexibility index (Phi) is 4.85. The van der Waals surface area contributed by atoms with E-state index in [0.717, 1.165) is 22.9 Å². The number of rotatable bonds is 6. The van der Waals surface area contributed by atoms with Gasteiger partial charge in [0.2, 0.25) is 10.0 Å². The molecule has 0 amide bonds. The summed E-state index contributed by atoms with van der Waals surface area (Å²) in [4.78, 5) is 4.41. The fourth-order valence-corrected chi connectivity index (χ4v) is 6.96. The molecule has 2 saturated heterocycles. The standard InChI is InChI=1S/C14H22N2O3S3/c1-3-4-22(17,18)16-9-14(10-16)5-13(8-21-14)19-6-12-7-20-11(2)15-12/h7,13H,3-6,8-10H2,1-2H3/t13-/m1/s1. The van der Waals surface area contributed by atoms with Crippen LogP contribution in [0.1, 0.15) is 30.5 Å². The van der Waals surface area contributed by atoms with Gasteiger partial charge in [0, 0.05) is 29.0 Å². The molecule has 2 aliphatic rings. The maximum atomic E-state index is 12.0. The number of ether oxygens (including phenoxy) is 1. The molecule has 0 unspecified atom stereocenters. The molecule has 1 spiro atoms. The first-order valence-electron chi connectivity index (χ1n) is 7.57. The zero-order valence-corrected chi connectivity index (χ0v) is 15.4. The maximum Gasteiger partial charge on any atom is 0.214 e. The van der Waals surface area contributed by atoms with Crippen molar-refractivity contribution in [2.24, 2.45) is 0 Å². The van der Waals surface area contributed by atoms with E-state index in [2.05, 4.69) is 4.98 Å². The fourth-order valence-electron chi connectivity index (χ4n) is 2.99. The van der Waals surface area contributed by atoms with Crippen molar-refractivity contribution in [2.75, 3.05) is 24.6 Å². The van der Waals surface area contributed by atoms with Crippen LogP contribution in [0, 0.1) is 6.92 Å². The number of nitrogens with zero attached hydrogens (tertiary/aromatic N) is 2. The highest BCUT2D eigenvalue weighted by Crippen LogP contribution is 2.47. The average molecular weight is 363 g/mol. The van der Waals surface area contributed by atoms with Gasteiger partial charge in [-0.2, -0.15) is 4.31 Å². The van der Waals surface area contributed by atoms with E-state index in [1.54, 1.807) is 15.6 Å². The highest BCUT2D eigenvalue weighted by molar-refractivity contribution is 8.01. The third-order valence-electron chi connectivity index (χ3n) is 4.09. The summed E-state index contributed by atoms with van der Waals surface area (Å²) in [6.07, 6.45) is 1.83. The third-order valence-corrected chi connectivity index (χ3v) is 8.46. The van der Waals surface area contributed by atoms with Crippen molar-refractivity contribution >= 4 is 33.1 Å². The Labute approximate surface area is 140 Å². The quantitative estimate of drug-likeness (QED) is 0.777. The first-order valence-corrected chi connectivity index (χ1v) is 11.0. The predicted octanol–water partition coefficient (Wildman–Crippen LogP) is 2.27. The Morgan fingerprint density at radius 3 is 2.91 bits per heavy atom. The van der Waals surface area contributed by atoms with E-state index in [4.69, 9.17) is 4.74 Å². The van der Waals surface area contributed by atoms with Gasteiger partial charge in [-0.1, -0.05) is 6.92 Å². The largest absolute Gasteiger partial charge is 0.371 e. The summed E-state index contributed by atoms with van der Waals surface area (Å²) in [7, 11) is -3.04. The second kappa shape index (κ2) is 6.39. The van der Waals surface area contributed by atoms with E-state index < -0.39 is 10.0 Å². The molecule has 0 aliphatic carbocycles. The zero-order chi connectivity index (χ0) is 15.8. The van der Waals surface area contributed by atoms with Crippen LogP contribution in [0.25, 0.3) is 0 Å². The van der Waals surface area contributed by atoms with Gasteiger partial charge < -0.3 is 4.74 Å². The number of thiazole rings is 1. The fraction of sp³-hybridized carbons (Fsp3) is 0.786. The molecule has 5 nitrogen and oxygen atoms in total. The summed E-state index contributed by atoms with van der Waals surface area (Å²) < 4.78 is 31.7. The van der Waals surface area contributed by atoms with Crippen molar-refractivity contribution in [2.45, 2.75) is 44.1 Å². The van der Waals surface area contributed by atoms with Crippen LogP contribution in [0.4, 0.5) is 0 Å². The van der Waals surface area contributed by atoms with Gasteiger partial charge in [0.15, 0.2) is 0 Å². The van der Waals surface area contributed by atoms with E-state index in [1.807, 2.05) is 31.0 Å². The van der Waals surface area contributed by atoms with Gasteiger partial charge in [-0.05, 0) is 19.8 Å². The summed E-state index contributed by atoms with van der Waals surface area (Å²) in [5.41, 5.74) is 0.995. The van der Waals surface area contributed by atoms with Crippen molar-refractivity contribution in [3.05, 3.63) is 16.1 Å². The molecule has 2 fully saturated rings. The molecular formula is C14H22N2O3S3. The normalized spacial score (nSPS) is 24.7. The molecule has 0 saturated carbocycles. The van der Waals surface area contributed by atoms with E-state index in [9.17, 15) is 8.42 Å². The molecule has 0 aromatic carbocycles. The van der Waals surface area contributed by atoms with Crippen LogP contribution in [0.3, 0.4) is 0 Å². The van der Waals surface area contributed by atoms with Crippen molar-refractivity contribution in [3.63, 3.8) is 0 Å². The minimum absolute atomic E-state index is 0.0868. The molecule has 2 aliphatic heterocycles. The SMILES string of the molecule is CCCS(=O)(=O)N1CC2(C[C@@H](OCc3csc(C)n3)CS2)C1. The zero-order valence-electron chi connectivity index (χ0n) is 12.9. The summed E-state index contributed by atoms with van der Waals surface area (Å²) in [6, 6.07) is 0. The minimum atomic E-state index is -3.04. The lowest BCUT2D eigenvalue weighted by atomic mass is 9.95. The van der Waals surface area contributed by atoms with Crippen LogP contribution in [-0.2, 0) is 21.4 Å². The predicted molar refractivity (Wildman–Crippen MR) is 90.9 cm³/mol. The smallest absolute Gasteiger partial charge is 0.214 e. The highest BCUT2D eigenvalue weighted by Gasteiger charge is 2.52. The van der Waals surface area contributed by atoms with Gasteiger partial charge in [0.25, 0.3) is 0 Å². The van der Waals surface area contributed by atoms with Crippen LogP contribution >= 0.6 is 23.1 Å². The number of sulfonamides is 1. The lowest BCUT2D eigenvalue weighted by molar-refractivity contribution is 0.0382. The topological polar surface area (TPSA) is 59.5 Å². The van der Waals surface area contributed by atoms with E-state index in [-0.39, 0.29) is 16.6 Å². The van der Waals surface area contributed by atoms with Crippen LogP contribution in [0.2, 0.25) is 0 Å². The molecular weight excluding hydrogens is 340 g/mol. The molecule has 0 radical (unpaired) electrons. The average Bonchev–Trinajstić information content (AvgIpc) is 3.01. The Hall–Kier alpha value is -0.150. The number of aromatic nitrogens is 1. The van der Waals surface area contributed by atoms with E-state index in [0.29, 0.717) is 26.1 Å².